The first-order valence-electron chi connectivity index (χ1n) is 0. The molecule has 0 bridgehead atoms. The Hall–Kier alpha value is 3.13. The average Bonchev–Trinajstić information content (AvgIpc) is 0. The molecule has 0 aromatic carbocycles. The van der Waals surface area contributed by atoms with E-state index >= 15 is 0 Å². The smallest absolute Gasteiger partial charge is 2.00 e. The van der Waals surface area contributed by atoms with E-state index in [0.717, 1.165) is 0 Å². The predicted octanol–water partition coefficient (Wildman–Crippen LogP) is -0.240. The summed E-state index contributed by atoms with van der Waals surface area (Å²) in [6, 6.07) is 0. The Bertz CT molecular complexity index is 10.9. The number of hydrogen-bond donors (Lipinski definition) is 0. The van der Waals surface area contributed by atoms with E-state index in [1.807, 2.05) is 0 Å². The standard InChI is InChI=1S/2La.3O.2H3P/h;;;;;2*1H3/q2*+3;3*-2;;. The molecule has 0 amide bonds. The zero-order valence-electron chi connectivity index (χ0n) is 3.79. The van der Waals surface area contributed by atoms with Gasteiger partial charge in [0.1, 0.15) is 0 Å². The van der Waals surface area contributed by atoms with Gasteiger partial charge < -0.3 is 16.4 Å². The Morgan fingerprint density at radius 2 is 0.429 bits per heavy atom. The van der Waals surface area contributed by atoms with Crippen LogP contribution in [0.4, 0.5) is 0 Å². The Kier molecular flexibility index (Phi) is 759. The third kappa shape index (κ3) is 47.4. The molecule has 2 unspecified atom stereocenters. The van der Waals surface area contributed by atoms with Gasteiger partial charge in [0.2, 0.25) is 0 Å². The molecule has 0 aromatic rings. The summed E-state index contributed by atoms with van der Waals surface area (Å²) in [5.74, 6) is 0. The molecule has 0 saturated carbocycles. The Morgan fingerprint density at radius 1 is 0.429 bits per heavy atom. The topological polar surface area (TPSA) is 85.5 Å². The van der Waals surface area contributed by atoms with Gasteiger partial charge >= 0.3 is 71.2 Å². The number of hydrogen-bond acceptors (Lipinski definition) is 0. The molecule has 0 aliphatic carbocycles. The van der Waals surface area contributed by atoms with Crippen LogP contribution in [0.1, 0.15) is 0 Å². The maximum atomic E-state index is 0. The molecule has 0 N–H and O–H groups in total. The quantitative estimate of drug-likeness (QED) is 0.509. The van der Waals surface area contributed by atoms with Gasteiger partial charge in [-0.25, -0.2) is 0 Å². The van der Waals surface area contributed by atoms with Gasteiger partial charge in [-0.1, -0.05) is 0 Å². The SMILES string of the molecule is P.P.[La+3].[La+3].[O-2].[O-2].[O-2]. The largest absolute Gasteiger partial charge is 3.00 e. The number of rotatable bonds is 0. The molecule has 0 fully saturated rings. The molecule has 0 saturated heterocycles. The van der Waals surface area contributed by atoms with E-state index in [9.17, 15) is 0 Å². The molecule has 7 heteroatoms. The zero-order chi connectivity index (χ0) is 0. The maximum absolute atomic E-state index is 0. The van der Waals surface area contributed by atoms with Gasteiger partial charge in [0.05, 0.1) is 0 Å². The summed E-state index contributed by atoms with van der Waals surface area (Å²) in [5, 5.41) is 0. The van der Waals surface area contributed by atoms with Crippen LogP contribution in [0, 0.1) is 71.2 Å². The van der Waals surface area contributed by atoms with Crippen molar-refractivity contribution >= 4 is 19.8 Å². The fourth-order valence-electron chi connectivity index (χ4n) is 0. The summed E-state index contributed by atoms with van der Waals surface area (Å²) >= 11 is 0. The molecule has 0 rings (SSSR count). The van der Waals surface area contributed by atoms with E-state index in [4.69, 9.17) is 0 Å². The summed E-state index contributed by atoms with van der Waals surface area (Å²) in [6.45, 7) is 0. The summed E-state index contributed by atoms with van der Waals surface area (Å²) in [7, 11) is 0. The molecule has 40 valence electrons. The monoisotopic (exact) mass is 394 g/mol. The third-order valence-electron chi connectivity index (χ3n) is 0. The van der Waals surface area contributed by atoms with E-state index in [1.165, 1.54) is 0 Å². The van der Waals surface area contributed by atoms with E-state index in [1.54, 1.807) is 0 Å². The van der Waals surface area contributed by atoms with Crippen LogP contribution < -0.4 is 0 Å². The minimum absolute atomic E-state index is 0. The van der Waals surface area contributed by atoms with Crippen LogP contribution in [0.2, 0.25) is 0 Å². The second-order valence-electron chi connectivity index (χ2n) is 0. The van der Waals surface area contributed by atoms with Crippen molar-refractivity contribution in [3.8, 4) is 0 Å². The molecule has 0 spiro atoms. The molecule has 0 aliphatic heterocycles. The average molecular weight is 394 g/mol. The van der Waals surface area contributed by atoms with Crippen LogP contribution >= 0.6 is 19.8 Å². The van der Waals surface area contributed by atoms with Gasteiger partial charge in [-0.05, 0) is 0 Å². The predicted molar refractivity (Wildman–Crippen MR) is 24.3 cm³/mol. The van der Waals surface area contributed by atoms with E-state index in [-0.39, 0.29) is 107 Å². The van der Waals surface area contributed by atoms with Gasteiger partial charge in [0.25, 0.3) is 0 Å². The van der Waals surface area contributed by atoms with E-state index < -0.39 is 0 Å². The Morgan fingerprint density at radius 3 is 0.429 bits per heavy atom. The fourth-order valence-corrected chi connectivity index (χ4v) is 0. The molecular formula is H6La2O3P2. The van der Waals surface area contributed by atoms with E-state index in [2.05, 4.69) is 0 Å². The normalized spacial score (nSPS) is 0. The second-order valence-corrected chi connectivity index (χ2v) is 0. The molecule has 2 atom stereocenters. The summed E-state index contributed by atoms with van der Waals surface area (Å²) in [4.78, 5) is 0. The zero-order valence-corrected chi connectivity index (χ0v) is 13.9. The van der Waals surface area contributed by atoms with Crippen LogP contribution in [0.25, 0.3) is 0 Å². The van der Waals surface area contributed by atoms with Crippen LogP contribution in [-0.2, 0) is 16.4 Å². The first-order chi connectivity index (χ1) is 0. The molecule has 0 aromatic heterocycles. The summed E-state index contributed by atoms with van der Waals surface area (Å²) < 4.78 is 0. The molecule has 0 radical (unpaired) electrons. The van der Waals surface area contributed by atoms with E-state index in [0.29, 0.717) is 0 Å². The van der Waals surface area contributed by atoms with Crippen LogP contribution in [-0.4, -0.2) is 0 Å². The Balaban J connectivity index is 0. The van der Waals surface area contributed by atoms with Crippen molar-refractivity contribution in [2.45, 2.75) is 0 Å². The van der Waals surface area contributed by atoms with Gasteiger partial charge in [-0.2, -0.15) is 19.8 Å². The first kappa shape index (κ1) is 86.2. The van der Waals surface area contributed by atoms with Gasteiger partial charge in [-0.15, -0.1) is 0 Å². The maximum Gasteiger partial charge on any atom is 3.00 e. The van der Waals surface area contributed by atoms with Crippen molar-refractivity contribution in [3.05, 3.63) is 0 Å². The summed E-state index contributed by atoms with van der Waals surface area (Å²) in [6.07, 6.45) is 0. The Labute approximate surface area is 106 Å². The minimum atomic E-state index is 0. The molecule has 7 heavy (non-hydrogen) atoms. The van der Waals surface area contributed by atoms with Crippen molar-refractivity contribution in [1.82, 2.24) is 0 Å². The molecule has 0 aliphatic rings. The third-order valence-corrected chi connectivity index (χ3v) is 0. The molecule has 3 nitrogen and oxygen atoms in total. The van der Waals surface area contributed by atoms with Gasteiger partial charge in [-0.3, -0.25) is 0 Å². The van der Waals surface area contributed by atoms with Crippen molar-refractivity contribution in [1.29, 1.82) is 0 Å². The van der Waals surface area contributed by atoms with Crippen molar-refractivity contribution in [2.75, 3.05) is 0 Å². The van der Waals surface area contributed by atoms with Gasteiger partial charge in [0.15, 0.2) is 0 Å². The molecular weight excluding hydrogens is 388 g/mol. The minimum Gasteiger partial charge on any atom is -2.00 e. The molecule has 0 heterocycles. The fraction of sp³-hybridized carbons (Fsp3) is 0. The van der Waals surface area contributed by atoms with Crippen LogP contribution in [0.15, 0.2) is 0 Å². The first-order valence-corrected chi connectivity index (χ1v) is 0. The van der Waals surface area contributed by atoms with Crippen molar-refractivity contribution in [3.63, 3.8) is 0 Å². The van der Waals surface area contributed by atoms with Crippen molar-refractivity contribution < 1.29 is 87.6 Å². The summed E-state index contributed by atoms with van der Waals surface area (Å²) in [5.41, 5.74) is 0. The van der Waals surface area contributed by atoms with Crippen LogP contribution in [0.3, 0.4) is 0 Å². The van der Waals surface area contributed by atoms with Gasteiger partial charge in [0, 0.05) is 0 Å². The van der Waals surface area contributed by atoms with Crippen LogP contribution in [0.5, 0.6) is 0 Å². The second kappa shape index (κ2) is 61.6. The van der Waals surface area contributed by atoms with Crippen molar-refractivity contribution in [2.24, 2.45) is 0 Å².